The summed E-state index contributed by atoms with van der Waals surface area (Å²) < 4.78 is 5.07. The lowest BCUT2D eigenvalue weighted by atomic mass is 9.96. The highest BCUT2D eigenvalue weighted by Gasteiger charge is 2.28. The summed E-state index contributed by atoms with van der Waals surface area (Å²) in [4.78, 5) is 31.7. The van der Waals surface area contributed by atoms with Crippen molar-refractivity contribution in [2.24, 2.45) is 5.92 Å². The molecule has 0 saturated carbocycles. The fourth-order valence-electron chi connectivity index (χ4n) is 2.88. The molecule has 0 N–H and O–H groups in total. The van der Waals surface area contributed by atoms with E-state index >= 15 is 0 Å². The van der Waals surface area contributed by atoms with Crippen molar-refractivity contribution >= 4 is 23.2 Å². The van der Waals surface area contributed by atoms with Gasteiger partial charge >= 0.3 is 5.97 Å². The van der Waals surface area contributed by atoms with Gasteiger partial charge in [-0.1, -0.05) is 6.07 Å². The van der Waals surface area contributed by atoms with Gasteiger partial charge in [0.15, 0.2) is 0 Å². The first-order valence-electron chi connectivity index (χ1n) is 8.15. The third-order valence-electron chi connectivity index (χ3n) is 4.18. The molecule has 6 heteroatoms. The Balaban J connectivity index is 1.66. The summed E-state index contributed by atoms with van der Waals surface area (Å²) in [7, 11) is 0. The lowest BCUT2D eigenvalue weighted by Gasteiger charge is -2.31. The first-order valence-corrected chi connectivity index (χ1v) is 9.03. The van der Waals surface area contributed by atoms with Crippen molar-refractivity contribution in [1.82, 2.24) is 9.88 Å². The number of hydrogen-bond acceptors (Lipinski definition) is 5. The highest BCUT2D eigenvalue weighted by Crippen LogP contribution is 2.25. The van der Waals surface area contributed by atoms with Crippen LogP contribution in [-0.4, -0.2) is 41.5 Å². The molecule has 2 aromatic heterocycles. The summed E-state index contributed by atoms with van der Waals surface area (Å²) >= 11 is 1.60. The largest absolute Gasteiger partial charge is 0.466 e. The van der Waals surface area contributed by atoms with Crippen LogP contribution in [0, 0.1) is 5.92 Å². The van der Waals surface area contributed by atoms with Crippen LogP contribution >= 0.6 is 11.3 Å². The normalized spacial score (nSPS) is 15.3. The molecule has 0 spiro atoms. The van der Waals surface area contributed by atoms with E-state index < -0.39 is 0 Å². The summed E-state index contributed by atoms with van der Waals surface area (Å²) in [5.41, 5.74) is 1.46. The molecule has 0 aliphatic carbocycles. The van der Waals surface area contributed by atoms with Crippen LogP contribution in [-0.2, 0) is 9.53 Å². The SMILES string of the molecule is CCOC(=O)C1CCN(C(=O)c2ccnc(-c3cccs3)c2)CC1. The number of likely N-dealkylation sites (tertiary alicyclic amines) is 1. The minimum atomic E-state index is -0.145. The highest BCUT2D eigenvalue weighted by molar-refractivity contribution is 7.13. The summed E-state index contributed by atoms with van der Waals surface area (Å²) in [5, 5.41) is 1.99. The van der Waals surface area contributed by atoms with E-state index in [9.17, 15) is 9.59 Å². The molecule has 2 aromatic rings. The van der Waals surface area contributed by atoms with Gasteiger partial charge in [0.2, 0.25) is 0 Å². The summed E-state index contributed by atoms with van der Waals surface area (Å²) in [6, 6.07) is 7.55. The summed E-state index contributed by atoms with van der Waals surface area (Å²) in [6.45, 7) is 3.38. The molecule has 1 saturated heterocycles. The Labute approximate surface area is 145 Å². The second kappa shape index (κ2) is 7.57. The highest BCUT2D eigenvalue weighted by atomic mass is 32.1. The van der Waals surface area contributed by atoms with Crippen LogP contribution in [0.15, 0.2) is 35.8 Å². The fraction of sp³-hybridized carbons (Fsp3) is 0.389. The molecule has 0 unspecified atom stereocenters. The molecule has 1 fully saturated rings. The molecule has 1 aliphatic heterocycles. The molecule has 0 radical (unpaired) electrons. The molecule has 1 amide bonds. The number of thiophene rings is 1. The van der Waals surface area contributed by atoms with Gasteiger partial charge < -0.3 is 9.64 Å². The Kier molecular flexibility index (Phi) is 5.25. The van der Waals surface area contributed by atoms with Crippen molar-refractivity contribution in [1.29, 1.82) is 0 Å². The second-order valence-corrected chi connectivity index (χ2v) is 6.67. The second-order valence-electron chi connectivity index (χ2n) is 5.73. The van der Waals surface area contributed by atoms with Gasteiger partial charge in [0.05, 0.1) is 23.1 Å². The molecule has 24 heavy (non-hydrogen) atoms. The van der Waals surface area contributed by atoms with Gasteiger partial charge in [0, 0.05) is 24.8 Å². The van der Waals surface area contributed by atoms with Crippen molar-refractivity contribution in [3.8, 4) is 10.6 Å². The summed E-state index contributed by atoms with van der Waals surface area (Å²) in [5.74, 6) is -0.237. The zero-order valence-corrected chi connectivity index (χ0v) is 14.4. The van der Waals surface area contributed by atoms with Crippen molar-refractivity contribution in [3.05, 3.63) is 41.4 Å². The number of aromatic nitrogens is 1. The topological polar surface area (TPSA) is 59.5 Å². The van der Waals surface area contributed by atoms with Gasteiger partial charge in [0.25, 0.3) is 5.91 Å². The standard InChI is InChI=1S/C18H20N2O3S/c1-2-23-18(22)13-6-9-20(10-7-13)17(21)14-5-8-19-15(12-14)16-4-3-11-24-16/h3-5,8,11-13H,2,6-7,9-10H2,1H3. The van der Waals surface area contributed by atoms with Crippen LogP contribution in [0.2, 0.25) is 0 Å². The maximum atomic E-state index is 12.7. The van der Waals surface area contributed by atoms with E-state index in [1.807, 2.05) is 35.4 Å². The molecule has 5 nitrogen and oxygen atoms in total. The quantitative estimate of drug-likeness (QED) is 0.799. The van der Waals surface area contributed by atoms with Gasteiger partial charge in [-0.25, -0.2) is 0 Å². The van der Waals surface area contributed by atoms with E-state index in [-0.39, 0.29) is 17.8 Å². The number of piperidine rings is 1. The first-order chi connectivity index (χ1) is 11.7. The number of amides is 1. The number of esters is 1. The van der Waals surface area contributed by atoms with Crippen molar-refractivity contribution < 1.29 is 14.3 Å². The average molecular weight is 344 g/mol. The molecule has 1 aliphatic rings. The molecule has 0 bridgehead atoms. The maximum Gasteiger partial charge on any atom is 0.309 e. The van der Waals surface area contributed by atoms with E-state index in [1.54, 1.807) is 23.6 Å². The first kappa shape index (κ1) is 16.6. The number of nitrogens with zero attached hydrogens (tertiary/aromatic N) is 2. The molecule has 3 rings (SSSR count). The number of pyridine rings is 1. The Morgan fingerprint density at radius 1 is 1.33 bits per heavy atom. The summed E-state index contributed by atoms with van der Waals surface area (Å²) in [6.07, 6.45) is 2.99. The lowest BCUT2D eigenvalue weighted by molar-refractivity contribution is -0.149. The van der Waals surface area contributed by atoms with E-state index in [4.69, 9.17) is 4.74 Å². The van der Waals surface area contributed by atoms with E-state index in [0.717, 1.165) is 10.6 Å². The predicted molar refractivity (Wildman–Crippen MR) is 92.8 cm³/mol. The number of carbonyl (C=O) groups excluding carboxylic acids is 2. The third kappa shape index (κ3) is 3.64. The minimum absolute atomic E-state index is 0.00230. The number of ether oxygens (including phenoxy) is 1. The smallest absolute Gasteiger partial charge is 0.309 e. The Hall–Kier alpha value is -2.21. The lowest BCUT2D eigenvalue weighted by Crippen LogP contribution is -2.40. The average Bonchev–Trinajstić information content (AvgIpc) is 3.16. The van der Waals surface area contributed by atoms with E-state index in [0.29, 0.717) is 38.1 Å². The third-order valence-corrected chi connectivity index (χ3v) is 5.07. The Morgan fingerprint density at radius 2 is 2.12 bits per heavy atom. The van der Waals surface area contributed by atoms with Crippen LogP contribution in [0.25, 0.3) is 10.6 Å². The van der Waals surface area contributed by atoms with Gasteiger partial charge in [-0.2, -0.15) is 0 Å². The molecule has 3 heterocycles. The number of hydrogen-bond donors (Lipinski definition) is 0. The maximum absolute atomic E-state index is 12.7. The van der Waals surface area contributed by atoms with E-state index in [2.05, 4.69) is 4.98 Å². The molecule has 0 aromatic carbocycles. The zero-order valence-electron chi connectivity index (χ0n) is 13.6. The van der Waals surface area contributed by atoms with Crippen LogP contribution in [0.3, 0.4) is 0 Å². The monoisotopic (exact) mass is 344 g/mol. The zero-order chi connectivity index (χ0) is 16.9. The van der Waals surface area contributed by atoms with Crippen LogP contribution in [0.1, 0.15) is 30.1 Å². The van der Waals surface area contributed by atoms with Crippen molar-refractivity contribution in [2.75, 3.05) is 19.7 Å². The van der Waals surface area contributed by atoms with Gasteiger partial charge in [-0.05, 0) is 43.3 Å². The van der Waals surface area contributed by atoms with Crippen molar-refractivity contribution in [3.63, 3.8) is 0 Å². The van der Waals surface area contributed by atoms with E-state index in [1.165, 1.54) is 0 Å². The fourth-order valence-corrected chi connectivity index (χ4v) is 3.58. The van der Waals surface area contributed by atoms with Crippen LogP contribution in [0.5, 0.6) is 0 Å². The molecule has 126 valence electrons. The van der Waals surface area contributed by atoms with Crippen LogP contribution in [0.4, 0.5) is 0 Å². The minimum Gasteiger partial charge on any atom is -0.466 e. The van der Waals surface area contributed by atoms with Gasteiger partial charge in [-0.15, -0.1) is 11.3 Å². The molecule has 0 atom stereocenters. The molecular weight excluding hydrogens is 324 g/mol. The Bertz CT molecular complexity index is 707. The molecular formula is C18H20N2O3S. The van der Waals surface area contributed by atoms with Gasteiger partial charge in [-0.3, -0.25) is 14.6 Å². The Morgan fingerprint density at radius 3 is 2.79 bits per heavy atom. The number of carbonyl (C=O) groups is 2. The predicted octanol–water partition coefficient (Wildman–Crippen LogP) is 3.23. The van der Waals surface area contributed by atoms with Gasteiger partial charge in [0.1, 0.15) is 0 Å². The number of rotatable bonds is 4. The van der Waals surface area contributed by atoms with Crippen LogP contribution < -0.4 is 0 Å². The van der Waals surface area contributed by atoms with Crippen molar-refractivity contribution in [2.45, 2.75) is 19.8 Å².